The maximum Gasteiger partial charge on any atom is 0.191 e. The summed E-state index contributed by atoms with van der Waals surface area (Å²) in [7, 11) is 1.86. The summed E-state index contributed by atoms with van der Waals surface area (Å²) in [5, 5.41) is 7.05. The summed E-state index contributed by atoms with van der Waals surface area (Å²) in [4.78, 5) is 6.87. The van der Waals surface area contributed by atoms with Gasteiger partial charge in [0.2, 0.25) is 0 Å². The van der Waals surface area contributed by atoms with Crippen molar-refractivity contribution in [1.82, 2.24) is 15.5 Å². The molecule has 0 bridgehead atoms. The van der Waals surface area contributed by atoms with E-state index in [0.717, 1.165) is 38.7 Å². The number of guanidine groups is 1. The molecular weight excluding hydrogens is 451 g/mol. The summed E-state index contributed by atoms with van der Waals surface area (Å²) in [6.45, 7) is 6.82. The van der Waals surface area contributed by atoms with Crippen LogP contribution in [0.15, 0.2) is 29.3 Å². The van der Waals surface area contributed by atoms with Gasteiger partial charge in [-0.1, -0.05) is 43.5 Å². The fraction of sp³-hybridized carbons (Fsp3) is 0.667. The second-order valence-corrected chi connectivity index (χ2v) is 7.64. The van der Waals surface area contributed by atoms with Crippen LogP contribution in [-0.2, 0) is 17.8 Å². The van der Waals surface area contributed by atoms with Gasteiger partial charge in [-0.3, -0.25) is 9.89 Å². The fourth-order valence-electron chi connectivity index (χ4n) is 3.95. The van der Waals surface area contributed by atoms with E-state index in [1.54, 1.807) is 0 Å². The Morgan fingerprint density at radius 2 is 2.00 bits per heavy atom. The van der Waals surface area contributed by atoms with E-state index in [2.05, 4.69) is 51.7 Å². The van der Waals surface area contributed by atoms with E-state index in [0.29, 0.717) is 12.1 Å². The minimum Gasteiger partial charge on any atom is -0.376 e. The highest BCUT2D eigenvalue weighted by Gasteiger charge is 2.17. The van der Waals surface area contributed by atoms with Gasteiger partial charge in [-0.05, 0) is 30.9 Å². The molecule has 3 rings (SSSR count). The molecule has 2 N–H and O–H groups in total. The molecule has 27 heavy (non-hydrogen) atoms. The summed E-state index contributed by atoms with van der Waals surface area (Å²) in [6.07, 6.45) is 6.89. The molecule has 1 atom stereocenters. The van der Waals surface area contributed by atoms with Gasteiger partial charge in [-0.25, -0.2) is 0 Å². The van der Waals surface area contributed by atoms with Crippen molar-refractivity contribution in [3.63, 3.8) is 0 Å². The van der Waals surface area contributed by atoms with Crippen molar-refractivity contribution in [3.8, 4) is 0 Å². The number of rotatable bonds is 5. The van der Waals surface area contributed by atoms with Crippen molar-refractivity contribution in [2.24, 2.45) is 4.99 Å². The van der Waals surface area contributed by atoms with Crippen molar-refractivity contribution < 1.29 is 4.74 Å². The predicted octanol–water partition coefficient (Wildman–Crippen LogP) is 3.52. The number of benzene rings is 1. The van der Waals surface area contributed by atoms with E-state index in [-0.39, 0.29) is 24.0 Å². The first kappa shape index (κ1) is 22.4. The Balaban J connectivity index is 0.00000261. The van der Waals surface area contributed by atoms with Gasteiger partial charge in [0.15, 0.2) is 5.96 Å². The highest BCUT2D eigenvalue weighted by atomic mass is 127. The number of nitrogens with zero attached hydrogens (tertiary/aromatic N) is 2. The summed E-state index contributed by atoms with van der Waals surface area (Å²) >= 11 is 0. The van der Waals surface area contributed by atoms with E-state index in [1.165, 1.54) is 43.2 Å². The number of nitrogens with one attached hydrogen (secondary N) is 2. The third kappa shape index (κ3) is 7.58. The van der Waals surface area contributed by atoms with Crippen molar-refractivity contribution in [3.05, 3.63) is 35.4 Å². The number of morpholine rings is 1. The van der Waals surface area contributed by atoms with Crippen LogP contribution < -0.4 is 10.6 Å². The smallest absolute Gasteiger partial charge is 0.191 e. The fourth-order valence-corrected chi connectivity index (χ4v) is 3.95. The second kappa shape index (κ2) is 11.9. The molecule has 1 saturated carbocycles. The third-order valence-electron chi connectivity index (χ3n) is 5.35. The normalized spacial score (nSPS) is 22.1. The zero-order chi connectivity index (χ0) is 18.2. The molecule has 2 aliphatic rings. The molecule has 0 amide bonds. The number of halogens is 1. The minimum absolute atomic E-state index is 0. The number of hydrogen-bond donors (Lipinski definition) is 2. The lowest BCUT2D eigenvalue weighted by Crippen LogP contribution is -2.43. The van der Waals surface area contributed by atoms with Crippen LogP contribution in [0.1, 0.15) is 50.2 Å². The zero-order valence-electron chi connectivity index (χ0n) is 16.7. The minimum atomic E-state index is 0. The van der Waals surface area contributed by atoms with Crippen LogP contribution in [0.25, 0.3) is 0 Å². The van der Waals surface area contributed by atoms with Gasteiger partial charge in [-0.15, -0.1) is 24.0 Å². The highest BCUT2D eigenvalue weighted by molar-refractivity contribution is 14.0. The van der Waals surface area contributed by atoms with E-state index >= 15 is 0 Å². The number of aliphatic imine (C=N–C) groups is 1. The van der Waals surface area contributed by atoms with Gasteiger partial charge in [0.1, 0.15) is 0 Å². The Hall–Kier alpha value is -0.860. The standard InChI is InChI=1S/C21H34N4O.HI/c1-17-15-25(11-12-26-17)16-19-8-6-7-18(13-19)14-23-21(22-2)24-20-9-4-3-5-10-20;/h6-8,13,17,20H,3-5,9-12,14-16H2,1-2H3,(H2,22,23,24);1H. The number of hydrogen-bond acceptors (Lipinski definition) is 3. The molecule has 0 aromatic heterocycles. The molecule has 152 valence electrons. The molecule has 0 radical (unpaired) electrons. The molecule has 0 spiro atoms. The molecule has 5 nitrogen and oxygen atoms in total. The number of ether oxygens (including phenoxy) is 1. The summed E-state index contributed by atoms with van der Waals surface area (Å²) in [6, 6.07) is 9.45. The maximum absolute atomic E-state index is 5.64. The molecule has 1 aliphatic heterocycles. The lowest BCUT2D eigenvalue weighted by atomic mass is 9.96. The Bertz CT molecular complexity index is 589. The SMILES string of the molecule is CN=C(NCc1cccc(CN2CCOC(C)C2)c1)NC1CCCCC1.I. The van der Waals surface area contributed by atoms with Crippen LogP contribution in [-0.4, -0.2) is 49.7 Å². The van der Waals surface area contributed by atoms with Crippen molar-refractivity contribution in [2.75, 3.05) is 26.7 Å². The van der Waals surface area contributed by atoms with Gasteiger partial charge < -0.3 is 15.4 Å². The van der Waals surface area contributed by atoms with Crippen molar-refractivity contribution >= 4 is 29.9 Å². The Morgan fingerprint density at radius 1 is 1.22 bits per heavy atom. The molecule has 1 unspecified atom stereocenters. The quantitative estimate of drug-likeness (QED) is 0.380. The van der Waals surface area contributed by atoms with Gasteiger partial charge in [0.05, 0.1) is 12.7 Å². The largest absolute Gasteiger partial charge is 0.376 e. The van der Waals surface area contributed by atoms with E-state index in [9.17, 15) is 0 Å². The monoisotopic (exact) mass is 486 g/mol. The van der Waals surface area contributed by atoms with E-state index < -0.39 is 0 Å². The second-order valence-electron chi connectivity index (χ2n) is 7.64. The molecule has 1 aromatic rings. The molecule has 2 fully saturated rings. The Kier molecular flexibility index (Phi) is 9.86. The first-order chi connectivity index (χ1) is 12.7. The van der Waals surface area contributed by atoms with Crippen LogP contribution >= 0.6 is 24.0 Å². The van der Waals surface area contributed by atoms with Crippen LogP contribution in [0.4, 0.5) is 0 Å². The van der Waals surface area contributed by atoms with E-state index in [1.807, 2.05) is 7.05 Å². The average Bonchev–Trinajstić information content (AvgIpc) is 2.66. The first-order valence-electron chi connectivity index (χ1n) is 10.1. The zero-order valence-corrected chi connectivity index (χ0v) is 19.1. The van der Waals surface area contributed by atoms with Gasteiger partial charge in [0.25, 0.3) is 0 Å². The molecule has 1 saturated heterocycles. The van der Waals surface area contributed by atoms with E-state index in [4.69, 9.17) is 4.74 Å². The van der Waals surface area contributed by atoms with Gasteiger partial charge in [-0.2, -0.15) is 0 Å². The first-order valence-corrected chi connectivity index (χ1v) is 10.1. The van der Waals surface area contributed by atoms with Crippen LogP contribution in [0.3, 0.4) is 0 Å². The predicted molar refractivity (Wildman–Crippen MR) is 123 cm³/mol. The Labute approximate surface area is 181 Å². The Morgan fingerprint density at radius 3 is 2.74 bits per heavy atom. The lowest BCUT2D eigenvalue weighted by molar-refractivity contribution is -0.0212. The molecule has 1 aliphatic carbocycles. The highest BCUT2D eigenvalue weighted by Crippen LogP contribution is 2.17. The van der Waals surface area contributed by atoms with Crippen molar-refractivity contribution in [1.29, 1.82) is 0 Å². The summed E-state index contributed by atoms with van der Waals surface area (Å²) in [5.74, 6) is 0.921. The summed E-state index contributed by atoms with van der Waals surface area (Å²) in [5.41, 5.74) is 2.67. The molecular formula is C21H35IN4O. The topological polar surface area (TPSA) is 48.9 Å². The molecule has 6 heteroatoms. The van der Waals surface area contributed by atoms with Gasteiger partial charge >= 0.3 is 0 Å². The lowest BCUT2D eigenvalue weighted by Gasteiger charge is -2.31. The average molecular weight is 486 g/mol. The third-order valence-corrected chi connectivity index (χ3v) is 5.35. The summed E-state index contributed by atoms with van der Waals surface area (Å²) < 4.78 is 5.64. The van der Waals surface area contributed by atoms with Crippen LogP contribution in [0.5, 0.6) is 0 Å². The van der Waals surface area contributed by atoms with Crippen molar-refractivity contribution in [2.45, 2.75) is 64.3 Å². The van der Waals surface area contributed by atoms with Crippen LogP contribution in [0.2, 0.25) is 0 Å². The molecule has 1 heterocycles. The molecule has 1 aromatic carbocycles. The van der Waals surface area contributed by atoms with Gasteiger partial charge in [0, 0.05) is 39.3 Å². The maximum atomic E-state index is 5.64. The van der Waals surface area contributed by atoms with Crippen LogP contribution in [0, 0.1) is 0 Å².